The molecule has 1 heterocycles. The summed E-state index contributed by atoms with van der Waals surface area (Å²) in [5, 5.41) is 9.41. The molecule has 0 bridgehead atoms. The molecule has 0 radical (unpaired) electrons. The molecule has 0 saturated carbocycles. The number of aromatic nitrogens is 1. The van der Waals surface area contributed by atoms with E-state index in [1.807, 2.05) is 36.6 Å². The van der Waals surface area contributed by atoms with Crippen molar-refractivity contribution in [2.24, 2.45) is 0 Å². The third kappa shape index (κ3) is 3.34. The number of carbonyl (C=O) groups is 1. The van der Waals surface area contributed by atoms with Gasteiger partial charge < -0.3 is 9.67 Å². The van der Waals surface area contributed by atoms with Crippen LogP contribution in [0.4, 0.5) is 0 Å². The van der Waals surface area contributed by atoms with Gasteiger partial charge in [-0.2, -0.15) is 0 Å². The van der Waals surface area contributed by atoms with E-state index in [0.717, 1.165) is 16.9 Å². The highest BCUT2D eigenvalue weighted by atomic mass is 35.5. The number of benzene rings is 1. The smallest absolute Gasteiger partial charge is 0.303 e. The van der Waals surface area contributed by atoms with Crippen molar-refractivity contribution in [3.05, 3.63) is 62.5 Å². The maximum absolute atomic E-state index is 12.0. The zero-order valence-electron chi connectivity index (χ0n) is 11.9. The Morgan fingerprint density at radius 3 is 2.71 bits per heavy atom. The predicted octanol–water partition coefficient (Wildman–Crippen LogP) is 3.12. The van der Waals surface area contributed by atoms with Crippen molar-refractivity contribution in [1.29, 1.82) is 0 Å². The first-order valence-electron chi connectivity index (χ1n) is 6.59. The van der Waals surface area contributed by atoms with Crippen molar-refractivity contribution < 1.29 is 9.90 Å². The number of nitrogens with zero attached hydrogens (tertiary/aromatic N) is 1. The number of carboxylic acids is 1. The lowest BCUT2D eigenvalue weighted by Gasteiger charge is -2.15. The van der Waals surface area contributed by atoms with Crippen LogP contribution in [0.15, 0.2) is 35.3 Å². The minimum atomic E-state index is -0.916. The molecule has 0 aliphatic carbocycles. The number of hydrogen-bond acceptors (Lipinski definition) is 2. The van der Waals surface area contributed by atoms with Crippen molar-refractivity contribution in [2.45, 2.75) is 26.7 Å². The Bertz CT molecular complexity index is 750. The molecule has 1 aromatic carbocycles. The van der Waals surface area contributed by atoms with E-state index in [1.54, 1.807) is 6.20 Å². The Balaban J connectivity index is 2.53. The van der Waals surface area contributed by atoms with E-state index < -0.39 is 5.97 Å². The number of pyridine rings is 1. The Morgan fingerprint density at radius 1 is 1.33 bits per heavy atom. The number of aliphatic carboxylic acids is 1. The molecule has 110 valence electrons. The van der Waals surface area contributed by atoms with Gasteiger partial charge in [-0.15, -0.1) is 0 Å². The molecule has 0 saturated heterocycles. The largest absolute Gasteiger partial charge is 0.481 e. The Morgan fingerprint density at radius 2 is 2.05 bits per heavy atom. The van der Waals surface area contributed by atoms with Crippen LogP contribution in [0, 0.1) is 13.8 Å². The summed E-state index contributed by atoms with van der Waals surface area (Å²) in [6, 6.07) is 7.10. The summed E-state index contributed by atoms with van der Waals surface area (Å²) in [4.78, 5) is 22.6. The van der Waals surface area contributed by atoms with Crippen LogP contribution in [0.3, 0.4) is 0 Å². The second kappa shape index (κ2) is 6.14. The zero-order valence-corrected chi connectivity index (χ0v) is 12.6. The number of aryl methyl sites for hydroxylation is 2. The van der Waals surface area contributed by atoms with Gasteiger partial charge in [0.25, 0.3) is 0 Å². The molecule has 1 N–H and O–H groups in total. The van der Waals surface area contributed by atoms with E-state index in [4.69, 9.17) is 16.7 Å². The van der Waals surface area contributed by atoms with Gasteiger partial charge in [0.05, 0.1) is 0 Å². The monoisotopic (exact) mass is 305 g/mol. The minimum Gasteiger partial charge on any atom is -0.481 e. The molecular weight excluding hydrogens is 290 g/mol. The van der Waals surface area contributed by atoms with Crippen LogP contribution in [0.5, 0.6) is 0 Å². The standard InChI is InChI=1S/C16H16ClNO3/c1-10-8-15(19)12(6-7-16(20)21)9-18(10)14-5-3-4-13(17)11(14)2/h3-5,8-9H,6-7H2,1-2H3,(H,20,21). The van der Waals surface area contributed by atoms with E-state index >= 15 is 0 Å². The molecule has 5 heteroatoms. The number of halogens is 1. The molecule has 0 spiro atoms. The lowest BCUT2D eigenvalue weighted by Crippen LogP contribution is -2.15. The lowest BCUT2D eigenvalue weighted by atomic mass is 10.1. The zero-order chi connectivity index (χ0) is 15.6. The summed E-state index contributed by atoms with van der Waals surface area (Å²) in [5.41, 5.74) is 2.93. The normalized spacial score (nSPS) is 10.6. The molecule has 0 amide bonds. The SMILES string of the molecule is Cc1c(Cl)cccc1-n1cc(CCC(=O)O)c(=O)cc1C. The molecule has 4 nitrogen and oxygen atoms in total. The fourth-order valence-corrected chi connectivity index (χ4v) is 2.39. The summed E-state index contributed by atoms with van der Waals surface area (Å²) in [6.45, 7) is 3.74. The maximum atomic E-state index is 12.0. The van der Waals surface area contributed by atoms with Crippen LogP contribution in [0.25, 0.3) is 5.69 Å². The van der Waals surface area contributed by atoms with E-state index in [0.29, 0.717) is 10.6 Å². The second-order valence-corrected chi connectivity index (χ2v) is 5.36. The molecule has 0 unspecified atom stereocenters. The molecule has 2 rings (SSSR count). The number of carboxylic acid groups (broad SMARTS) is 1. The van der Waals surface area contributed by atoms with Crippen LogP contribution >= 0.6 is 11.6 Å². The molecule has 2 aromatic rings. The molecule has 0 aliphatic rings. The van der Waals surface area contributed by atoms with Gasteiger partial charge in [-0.3, -0.25) is 9.59 Å². The Hall–Kier alpha value is -2.07. The van der Waals surface area contributed by atoms with Crippen molar-refractivity contribution >= 4 is 17.6 Å². The van der Waals surface area contributed by atoms with Gasteiger partial charge in [0.15, 0.2) is 5.43 Å². The van der Waals surface area contributed by atoms with Gasteiger partial charge in [-0.05, 0) is 38.0 Å². The van der Waals surface area contributed by atoms with Crippen molar-refractivity contribution in [3.8, 4) is 5.69 Å². The number of rotatable bonds is 4. The van der Waals surface area contributed by atoms with E-state index in [9.17, 15) is 9.59 Å². The predicted molar refractivity (Wildman–Crippen MR) is 82.5 cm³/mol. The third-order valence-electron chi connectivity index (χ3n) is 3.43. The molecular formula is C16H16ClNO3. The van der Waals surface area contributed by atoms with Crippen LogP contribution in [-0.4, -0.2) is 15.6 Å². The second-order valence-electron chi connectivity index (χ2n) is 4.95. The molecule has 0 fully saturated rings. The molecule has 0 aliphatic heterocycles. The summed E-state index contributed by atoms with van der Waals surface area (Å²) >= 11 is 6.14. The van der Waals surface area contributed by atoms with Gasteiger partial charge >= 0.3 is 5.97 Å². The summed E-state index contributed by atoms with van der Waals surface area (Å²) in [5.74, 6) is -0.916. The fourth-order valence-electron chi connectivity index (χ4n) is 2.22. The van der Waals surface area contributed by atoms with Gasteiger partial charge in [0.2, 0.25) is 0 Å². The maximum Gasteiger partial charge on any atom is 0.303 e. The molecule has 1 aromatic heterocycles. The van der Waals surface area contributed by atoms with Crippen LogP contribution in [0.1, 0.15) is 23.2 Å². The summed E-state index contributed by atoms with van der Waals surface area (Å²) < 4.78 is 1.87. The van der Waals surface area contributed by atoms with E-state index in [2.05, 4.69) is 0 Å². The first kappa shape index (κ1) is 15.3. The minimum absolute atomic E-state index is 0.0627. The highest BCUT2D eigenvalue weighted by Crippen LogP contribution is 2.23. The van der Waals surface area contributed by atoms with Crippen molar-refractivity contribution in [1.82, 2.24) is 4.57 Å². The Kier molecular flexibility index (Phi) is 4.48. The average molecular weight is 306 g/mol. The number of hydrogen-bond donors (Lipinski definition) is 1. The molecule has 0 atom stereocenters. The van der Waals surface area contributed by atoms with E-state index in [1.165, 1.54) is 6.07 Å². The topological polar surface area (TPSA) is 59.3 Å². The van der Waals surface area contributed by atoms with Crippen molar-refractivity contribution in [2.75, 3.05) is 0 Å². The van der Waals surface area contributed by atoms with Gasteiger partial charge in [0, 0.05) is 40.7 Å². The fraction of sp³-hybridized carbons (Fsp3) is 0.250. The summed E-state index contributed by atoms with van der Waals surface area (Å²) in [7, 11) is 0. The average Bonchev–Trinajstić information content (AvgIpc) is 2.41. The third-order valence-corrected chi connectivity index (χ3v) is 3.84. The Labute approximate surface area is 127 Å². The van der Waals surface area contributed by atoms with Crippen LogP contribution in [0.2, 0.25) is 5.02 Å². The van der Waals surface area contributed by atoms with E-state index in [-0.39, 0.29) is 18.3 Å². The first-order chi connectivity index (χ1) is 9.90. The molecule has 21 heavy (non-hydrogen) atoms. The highest BCUT2D eigenvalue weighted by Gasteiger charge is 2.10. The van der Waals surface area contributed by atoms with Gasteiger partial charge in [0.1, 0.15) is 0 Å². The lowest BCUT2D eigenvalue weighted by molar-refractivity contribution is -0.136. The first-order valence-corrected chi connectivity index (χ1v) is 6.97. The van der Waals surface area contributed by atoms with Gasteiger partial charge in [-0.25, -0.2) is 0 Å². The summed E-state index contributed by atoms with van der Waals surface area (Å²) in [6.07, 6.45) is 1.86. The highest BCUT2D eigenvalue weighted by molar-refractivity contribution is 6.31. The van der Waals surface area contributed by atoms with Crippen molar-refractivity contribution in [3.63, 3.8) is 0 Å². The van der Waals surface area contributed by atoms with Crippen LogP contribution in [-0.2, 0) is 11.2 Å². The van der Waals surface area contributed by atoms with Crippen LogP contribution < -0.4 is 5.43 Å². The van der Waals surface area contributed by atoms with Gasteiger partial charge in [-0.1, -0.05) is 17.7 Å². The quantitative estimate of drug-likeness (QED) is 0.944.